The second kappa shape index (κ2) is 22.0. The smallest absolute Gasteiger partial charge is 0.407 e. The number of alkyl carbamates (subject to hydrolysis) is 1. The van der Waals surface area contributed by atoms with Crippen LogP contribution in [0.1, 0.15) is 80.7 Å². The molecule has 1 rings (SSSR count). The van der Waals surface area contributed by atoms with Gasteiger partial charge in [0.05, 0.1) is 0 Å². The summed E-state index contributed by atoms with van der Waals surface area (Å²) in [6.45, 7) is 18.4. The predicted molar refractivity (Wildman–Crippen MR) is 148 cm³/mol. The normalized spacial score (nSPS) is 11.5. The Bertz CT molecular complexity index is 730. The van der Waals surface area contributed by atoms with Crippen LogP contribution in [0.2, 0.25) is 5.02 Å². The molecule has 1 atom stereocenters. The van der Waals surface area contributed by atoms with Crippen LogP contribution in [0.4, 0.5) is 4.79 Å². The summed E-state index contributed by atoms with van der Waals surface area (Å²) in [7, 11) is 1.92. The Morgan fingerprint density at radius 2 is 1.69 bits per heavy atom. The van der Waals surface area contributed by atoms with Gasteiger partial charge in [0, 0.05) is 23.3 Å². The molecule has 204 valence electrons. The van der Waals surface area contributed by atoms with E-state index in [1.807, 2.05) is 80.6 Å². The van der Waals surface area contributed by atoms with Gasteiger partial charge in [0.2, 0.25) is 0 Å². The zero-order valence-electron chi connectivity index (χ0n) is 23.3. The molecule has 1 aromatic rings. The van der Waals surface area contributed by atoms with Crippen molar-refractivity contribution in [3.05, 3.63) is 46.2 Å². The molecule has 8 nitrogen and oxygen atoms in total. The number of ether oxygens (including phenoxy) is 1. The lowest BCUT2D eigenvalue weighted by molar-refractivity contribution is -0.133. The molecular formula is C26H49ClN4O4. The van der Waals surface area contributed by atoms with E-state index in [1.54, 1.807) is 6.07 Å². The summed E-state index contributed by atoms with van der Waals surface area (Å²) >= 11 is 5.93. The molecule has 0 aliphatic rings. The second-order valence-corrected chi connectivity index (χ2v) is 8.51. The lowest BCUT2D eigenvalue weighted by atomic mass is 10.2. The lowest BCUT2D eigenvalue weighted by Gasteiger charge is -2.21. The molecule has 0 heterocycles. The number of halogens is 1. The van der Waals surface area contributed by atoms with Crippen LogP contribution >= 0.6 is 11.6 Å². The van der Waals surface area contributed by atoms with Gasteiger partial charge >= 0.3 is 12.1 Å². The molecule has 0 aromatic heterocycles. The Kier molecular flexibility index (Phi) is 23.4. The van der Waals surface area contributed by atoms with E-state index in [1.165, 1.54) is 6.92 Å². The number of aliphatic carboxylic acids is 1. The molecule has 0 spiro atoms. The number of carboxylic acids is 1. The molecule has 9 heteroatoms. The first kappa shape index (κ1) is 37.1. The number of carbonyl (C=O) groups excluding carboxylic acids is 1. The Morgan fingerprint density at radius 3 is 2.11 bits per heavy atom. The van der Waals surface area contributed by atoms with Gasteiger partial charge in [0.1, 0.15) is 11.3 Å². The maximum absolute atomic E-state index is 11.4. The minimum Gasteiger partial charge on any atom is -0.477 e. The average Bonchev–Trinajstić information content (AvgIpc) is 2.76. The Labute approximate surface area is 218 Å². The molecule has 35 heavy (non-hydrogen) atoms. The zero-order valence-corrected chi connectivity index (χ0v) is 24.1. The van der Waals surface area contributed by atoms with Crippen molar-refractivity contribution >= 4 is 23.7 Å². The molecule has 0 fully saturated rings. The largest absolute Gasteiger partial charge is 0.477 e. The number of benzene rings is 1. The zero-order chi connectivity index (χ0) is 28.0. The van der Waals surface area contributed by atoms with Crippen LogP contribution in [0.5, 0.6) is 0 Å². The van der Waals surface area contributed by atoms with Crippen molar-refractivity contribution in [2.75, 3.05) is 13.6 Å². The molecule has 0 saturated carbocycles. The number of amides is 1. The molecule has 1 amide bonds. The Morgan fingerprint density at radius 1 is 1.14 bits per heavy atom. The van der Waals surface area contributed by atoms with E-state index in [0.717, 1.165) is 24.9 Å². The third-order valence-corrected chi connectivity index (χ3v) is 4.22. The molecule has 0 radical (unpaired) electrons. The van der Waals surface area contributed by atoms with Gasteiger partial charge in [-0.3, -0.25) is 0 Å². The van der Waals surface area contributed by atoms with Gasteiger partial charge in [0.15, 0.2) is 0 Å². The fraction of sp³-hybridized carbons (Fsp3) is 0.615. The van der Waals surface area contributed by atoms with Gasteiger partial charge in [-0.25, -0.2) is 9.59 Å². The van der Waals surface area contributed by atoms with Crippen LogP contribution in [0.15, 0.2) is 35.7 Å². The van der Waals surface area contributed by atoms with Gasteiger partial charge in [-0.1, -0.05) is 57.5 Å². The van der Waals surface area contributed by atoms with Crippen molar-refractivity contribution in [1.82, 2.24) is 16.0 Å². The standard InChI is InChI=1S/C11H13ClN2O2.C11H24N2O2.2C2H6/c1-7(13)10(11(15)16)14-6-8-4-2-3-5-9(8)12;1-9(7-6-8-12-5)13-10(14)15-11(2,3)4;2*1-2/h2-5,14H,6,13H2,1H3,(H,15,16);9,12H,6-8H2,1-5H3,(H,13,14);2*1-2H3/b10-7-;;;. The van der Waals surface area contributed by atoms with Crippen molar-refractivity contribution in [2.24, 2.45) is 5.73 Å². The van der Waals surface area contributed by atoms with E-state index in [-0.39, 0.29) is 23.5 Å². The number of carboxylic acid groups (broad SMARTS) is 1. The SMILES string of the molecule is C/C(N)=C(/NCc1ccccc1Cl)C(=O)O.CC.CC.CNCCCC(C)NC(=O)OC(C)(C)C. The van der Waals surface area contributed by atoms with Crippen LogP contribution < -0.4 is 21.7 Å². The van der Waals surface area contributed by atoms with E-state index in [0.29, 0.717) is 11.6 Å². The molecular weight excluding hydrogens is 468 g/mol. The third-order valence-electron chi connectivity index (χ3n) is 3.85. The van der Waals surface area contributed by atoms with Crippen molar-refractivity contribution in [3.8, 4) is 0 Å². The van der Waals surface area contributed by atoms with Gasteiger partial charge in [0.25, 0.3) is 0 Å². The Hall–Kier alpha value is -2.45. The predicted octanol–water partition coefficient (Wildman–Crippen LogP) is 5.66. The van der Waals surface area contributed by atoms with Crippen LogP contribution in [0.3, 0.4) is 0 Å². The topological polar surface area (TPSA) is 126 Å². The minimum absolute atomic E-state index is 0.0000743. The van der Waals surface area contributed by atoms with E-state index in [2.05, 4.69) is 16.0 Å². The molecule has 0 saturated heterocycles. The van der Waals surface area contributed by atoms with Gasteiger partial charge < -0.3 is 31.5 Å². The molecule has 0 aliphatic carbocycles. The number of carbonyl (C=O) groups is 2. The molecule has 1 unspecified atom stereocenters. The molecule has 0 bridgehead atoms. The van der Waals surface area contributed by atoms with E-state index in [4.69, 9.17) is 27.2 Å². The minimum atomic E-state index is -1.08. The fourth-order valence-corrected chi connectivity index (χ4v) is 2.58. The first-order valence-electron chi connectivity index (χ1n) is 12.2. The molecule has 6 N–H and O–H groups in total. The van der Waals surface area contributed by atoms with Crippen molar-refractivity contribution in [1.29, 1.82) is 0 Å². The highest BCUT2D eigenvalue weighted by atomic mass is 35.5. The Balaban J connectivity index is -0.000000513. The van der Waals surface area contributed by atoms with Crippen LogP contribution in [0, 0.1) is 0 Å². The van der Waals surface area contributed by atoms with Gasteiger partial charge in [-0.2, -0.15) is 0 Å². The van der Waals surface area contributed by atoms with Crippen molar-refractivity contribution in [3.63, 3.8) is 0 Å². The maximum atomic E-state index is 11.4. The maximum Gasteiger partial charge on any atom is 0.407 e. The summed E-state index contributed by atoms with van der Waals surface area (Å²) < 4.78 is 5.15. The summed E-state index contributed by atoms with van der Waals surface area (Å²) in [6.07, 6.45) is 1.67. The number of rotatable bonds is 9. The first-order chi connectivity index (χ1) is 16.4. The highest BCUT2D eigenvalue weighted by Crippen LogP contribution is 2.15. The lowest BCUT2D eigenvalue weighted by Crippen LogP contribution is -2.37. The fourth-order valence-electron chi connectivity index (χ4n) is 2.38. The van der Waals surface area contributed by atoms with Crippen LogP contribution in [-0.2, 0) is 16.1 Å². The number of hydrogen-bond donors (Lipinski definition) is 5. The van der Waals surface area contributed by atoms with Crippen LogP contribution in [-0.4, -0.2) is 42.4 Å². The van der Waals surface area contributed by atoms with E-state index < -0.39 is 11.6 Å². The highest BCUT2D eigenvalue weighted by Gasteiger charge is 2.17. The average molecular weight is 517 g/mol. The highest BCUT2D eigenvalue weighted by molar-refractivity contribution is 6.31. The van der Waals surface area contributed by atoms with Crippen LogP contribution in [0.25, 0.3) is 0 Å². The van der Waals surface area contributed by atoms with Gasteiger partial charge in [-0.15, -0.1) is 0 Å². The second-order valence-electron chi connectivity index (χ2n) is 8.10. The monoisotopic (exact) mass is 516 g/mol. The number of allylic oxidation sites excluding steroid dienone is 1. The number of nitrogens with one attached hydrogen (secondary N) is 3. The summed E-state index contributed by atoms with van der Waals surface area (Å²) in [4.78, 5) is 22.2. The van der Waals surface area contributed by atoms with E-state index in [9.17, 15) is 9.59 Å². The first-order valence-corrected chi connectivity index (χ1v) is 12.6. The summed E-state index contributed by atoms with van der Waals surface area (Å²) in [5.41, 5.74) is 6.08. The molecule has 1 aromatic carbocycles. The third kappa shape index (κ3) is 21.8. The van der Waals surface area contributed by atoms with Gasteiger partial charge in [-0.05, 0) is 72.7 Å². The number of nitrogens with two attached hydrogens (primary N) is 1. The number of hydrogen-bond acceptors (Lipinski definition) is 6. The summed E-state index contributed by atoms with van der Waals surface area (Å²) in [6, 6.07) is 7.38. The van der Waals surface area contributed by atoms with Crippen molar-refractivity contribution < 1.29 is 19.4 Å². The molecule has 0 aliphatic heterocycles. The quantitative estimate of drug-likeness (QED) is 0.212. The van der Waals surface area contributed by atoms with E-state index >= 15 is 0 Å². The summed E-state index contributed by atoms with van der Waals surface area (Å²) in [5, 5.41) is 18.1. The summed E-state index contributed by atoms with van der Waals surface area (Å²) in [5.74, 6) is -1.08. The van der Waals surface area contributed by atoms with Crippen molar-refractivity contribution in [2.45, 2.75) is 93.3 Å².